The van der Waals surface area contributed by atoms with Crippen molar-refractivity contribution < 1.29 is 9.53 Å². The number of ether oxygens (including phenoxy) is 1. The second-order valence-electron chi connectivity index (χ2n) is 6.60. The summed E-state index contributed by atoms with van der Waals surface area (Å²) in [4.78, 5) is 18.5. The molecular weight excluding hydrogens is 310 g/mol. The van der Waals surface area contributed by atoms with Crippen molar-refractivity contribution >= 4 is 17.4 Å². The molecule has 126 valence electrons. The fraction of sp³-hybridized carbons (Fsp3) is 0.529. The lowest BCUT2D eigenvalue weighted by Gasteiger charge is -2.20. The van der Waals surface area contributed by atoms with Gasteiger partial charge in [-0.15, -0.1) is 11.3 Å². The van der Waals surface area contributed by atoms with Crippen molar-refractivity contribution in [2.24, 2.45) is 0 Å². The van der Waals surface area contributed by atoms with E-state index in [0.717, 1.165) is 5.69 Å². The minimum absolute atomic E-state index is 0.243. The lowest BCUT2D eigenvalue weighted by atomic mass is 10.2. The van der Waals surface area contributed by atoms with Crippen molar-refractivity contribution in [1.82, 2.24) is 14.9 Å². The number of amides is 1. The Morgan fingerprint density at radius 3 is 2.78 bits per heavy atom. The van der Waals surface area contributed by atoms with Crippen molar-refractivity contribution in [1.29, 1.82) is 0 Å². The summed E-state index contributed by atoms with van der Waals surface area (Å²) < 4.78 is 7.39. The number of rotatable bonds is 5. The predicted molar refractivity (Wildman–Crippen MR) is 93.0 cm³/mol. The van der Waals surface area contributed by atoms with E-state index in [0.29, 0.717) is 13.0 Å². The average Bonchev–Trinajstić information content (AvgIpc) is 3.05. The van der Waals surface area contributed by atoms with Gasteiger partial charge in [0.15, 0.2) is 0 Å². The van der Waals surface area contributed by atoms with Crippen molar-refractivity contribution in [2.45, 2.75) is 52.7 Å². The van der Waals surface area contributed by atoms with Crippen molar-refractivity contribution in [2.75, 3.05) is 6.54 Å². The molecule has 0 bridgehead atoms. The monoisotopic (exact) mass is 335 g/mol. The third-order valence-electron chi connectivity index (χ3n) is 3.39. The van der Waals surface area contributed by atoms with E-state index in [2.05, 4.69) is 40.8 Å². The first kappa shape index (κ1) is 17.5. The van der Waals surface area contributed by atoms with Crippen molar-refractivity contribution in [3.05, 3.63) is 40.1 Å². The average molecular weight is 335 g/mol. The van der Waals surface area contributed by atoms with Gasteiger partial charge in [-0.05, 0) is 46.8 Å². The van der Waals surface area contributed by atoms with E-state index in [1.807, 2.05) is 33.3 Å². The molecular formula is C17H25N3O2S. The number of alkyl carbamates (subject to hydrolysis) is 1. The summed E-state index contributed by atoms with van der Waals surface area (Å²) in [5.74, 6) is 0. The minimum Gasteiger partial charge on any atom is -0.444 e. The quantitative estimate of drug-likeness (QED) is 0.901. The molecule has 1 amide bonds. The molecule has 2 heterocycles. The van der Waals surface area contributed by atoms with Gasteiger partial charge in [-0.3, -0.25) is 0 Å². The summed E-state index contributed by atoms with van der Waals surface area (Å²) in [5.41, 5.74) is 0.622. The number of carbonyl (C=O) groups is 1. The Kier molecular flexibility index (Phi) is 5.46. The zero-order valence-corrected chi connectivity index (χ0v) is 15.2. The number of thiophene rings is 1. The molecule has 2 aromatic rings. The molecule has 1 atom stereocenters. The summed E-state index contributed by atoms with van der Waals surface area (Å²) in [6.45, 7) is 10.4. The Morgan fingerprint density at radius 2 is 2.17 bits per heavy atom. The van der Waals surface area contributed by atoms with Crippen LogP contribution in [-0.2, 0) is 11.2 Å². The fourth-order valence-corrected chi connectivity index (χ4v) is 3.22. The minimum atomic E-state index is -0.475. The van der Waals surface area contributed by atoms with Gasteiger partial charge in [-0.1, -0.05) is 0 Å². The highest BCUT2D eigenvalue weighted by Gasteiger charge is 2.16. The number of hydrogen-bond donors (Lipinski definition) is 1. The molecule has 0 aliphatic rings. The lowest BCUT2D eigenvalue weighted by molar-refractivity contribution is 0.0528. The number of imidazole rings is 1. The number of nitrogens with one attached hydrogen (secondary N) is 1. The highest BCUT2D eigenvalue weighted by Crippen LogP contribution is 2.26. The number of aromatic nitrogens is 2. The zero-order valence-electron chi connectivity index (χ0n) is 14.4. The van der Waals surface area contributed by atoms with Crippen LogP contribution >= 0.6 is 11.3 Å². The van der Waals surface area contributed by atoms with Crippen LogP contribution in [0, 0.1) is 6.92 Å². The van der Waals surface area contributed by atoms with Gasteiger partial charge in [-0.2, -0.15) is 0 Å². The fourth-order valence-electron chi connectivity index (χ4n) is 2.30. The number of aryl methyl sites for hydroxylation is 1. The topological polar surface area (TPSA) is 56.2 Å². The van der Waals surface area contributed by atoms with Crippen LogP contribution in [0.25, 0.3) is 0 Å². The van der Waals surface area contributed by atoms with E-state index in [1.165, 1.54) is 9.75 Å². The highest BCUT2D eigenvalue weighted by atomic mass is 32.1. The van der Waals surface area contributed by atoms with Crippen molar-refractivity contribution in [3.63, 3.8) is 0 Å². The van der Waals surface area contributed by atoms with Crippen LogP contribution in [0.2, 0.25) is 0 Å². The van der Waals surface area contributed by atoms with Gasteiger partial charge < -0.3 is 14.6 Å². The van der Waals surface area contributed by atoms with Crippen LogP contribution in [0.4, 0.5) is 4.79 Å². The SMILES string of the molecule is Cc1ccc(C(C)n2cncc2CCNC(=O)OC(C)(C)C)s1. The van der Waals surface area contributed by atoms with E-state index in [4.69, 9.17) is 4.74 Å². The Bertz CT molecular complexity index is 655. The largest absolute Gasteiger partial charge is 0.444 e. The van der Waals surface area contributed by atoms with Gasteiger partial charge in [-0.25, -0.2) is 9.78 Å². The number of carbonyl (C=O) groups excluding carboxylic acids is 1. The van der Waals surface area contributed by atoms with Crippen LogP contribution in [0.15, 0.2) is 24.7 Å². The number of hydrogen-bond acceptors (Lipinski definition) is 4. The zero-order chi connectivity index (χ0) is 17.0. The van der Waals surface area contributed by atoms with E-state index >= 15 is 0 Å². The summed E-state index contributed by atoms with van der Waals surface area (Å²) in [6, 6.07) is 4.54. The second kappa shape index (κ2) is 7.17. The summed E-state index contributed by atoms with van der Waals surface area (Å²) in [6.07, 6.45) is 4.04. The molecule has 2 aromatic heterocycles. The molecule has 0 aromatic carbocycles. The third kappa shape index (κ3) is 5.10. The van der Waals surface area contributed by atoms with E-state index < -0.39 is 5.60 Å². The molecule has 6 heteroatoms. The molecule has 2 rings (SSSR count). The van der Waals surface area contributed by atoms with Crippen LogP contribution in [0.1, 0.15) is 49.2 Å². The first-order valence-electron chi connectivity index (χ1n) is 7.80. The summed E-state index contributed by atoms with van der Waals surface area (Å²) >= 11 is 1.80. The van der Waals surface area contributed by atoms with Crippen LogP contribution in [-0.4, -0.2) is 27.8 Å². The molecule has 0 aliphatic heterocycles. The standard InChI is InChI=1S/C17H25N3O2S/c1-12-6-7-15(23-12)13(2)20-11-18-10-14(20)8-9-19-16(21)22-17(3,4)5/h6-7,10-11,13H,8-9H2,1-5H3,(H,19,21). The van der Waals surface area contributed by atoms with Crippen molar-refractivity contribution in [3.8, 4) is 0 Å². The van der Waals surface area contributed by atoms with Gasteiger partial charge >= 0.3 is 6.09 Å². The number of nitrogens with zero attached hydrogens (tertiary/aromatic N) is 2. The van der Waals surface area contributed by atoms with Gasteiger partial charge in [0, 0.05) is 34.6 Å². The lowest BCUT2D eigenvalue weighted by Crippen LogP contribution is -2.33. The van der Waals surface area contributed by atoms with Gasteiger partial charge in [0.1, 0.15) is 5.60 Å². The Morgan fingerprint density at radius 1 is 1.43 bits per heavy atom. The van der Waals surface area contributed by atoms with Crippen LogP contribution in [0.3, 0.4) is 0 Å². The van der Waals surface area contributed by atoms with Gasteiger partial charge in [0.25, 0.3) is 0 Å². The maximum absolute atomic E-state index is 11.7. The maximum Gasteiger partial charge on any atom is 0.407 e. The molecule has 0 saturated carbocycles. The Hall–Kier alpha value is -1.82. The first-order valence-corrected chi connectivity index (χ1v) is 8.62. The molecule has 5 nitrogen and oxygen atoms in total. The Balaban J connectivity index is 1.93. The van der Waals surface area contributed by atoms with E-state index in [1.54, 1.807) is 11.3 Å². The smallest absolute Gasteiger partial charge is 0.407 e. The van der Waals surface area contributed by atoms with Crippen LogP contribution < -0.4 is 5.32 Å². The molecule has 0 fully saturated rings. The maximum atomic E-state index is 11.7. The second-order valence-corrected chi connectivity index (χ2v) is 7.91. The van der Waals surface area contributed by atoms with E-state index in [9.17, 15) is 4.79 Å². The van der Waals surface area contributed by atoms with E-state index in [-0.39, 0.29) is 12.1 Å². The molecule has 0 spiro atoms. The predicted octanol–water partition coefficient (Wildman–Crippen LogP) is 3.93. The molecule has 1 N–H and O–H groups in total. The molecule has 23 heavy (non-hydrogen) atoms. The molecule has 1 unspecified atom stereocenters. The molecule has 0 aliphatic carbocycles. The summed E-state index contributed by atoms with van der Waals surface area (Å²) in [7, 11) is 0. The highest BCUT2D eigenvalue weighted by molar-refractivity contribution is 7.12. The van der Waals surface area contributed by atoms with Gasteiger partial charge in [0.2, 0.25) is 0 Å². The normalized spacial score (nSPS) is 12.9. The van der Waals surface area contributed by atoms with Gasteiger partial charge in [0.05, 0.1) is 12.4 Å². The first-order chi connectivity index (χ1) is 10.8. The third-order valence-corrected chi connectivity index (χ3v) is 4.56. The molecule has 0 radical (unpaired) electrons. The Labute approximate surface area is 141 Å². The van der Waals surface area contributed by atoms with Crippen LogP contribution in [0.5, 0.6) is 0 Å². The molecule has 0 saturated heterocycles. The summed E-state index contributed by atoms with van der Waals surface area (Å²) in [5, 5.41) is 2.79.